The van der Waals surface area contributed by atoms with Crippen molar-refractivity contribution in [3.63, 3.8) is 0 Å². The Morgan fingerprint density at radius 1 is 1.31 bits per heavy atom. The molecule has 0 radical (unpaired) electrons. The number of anilines is 1. The SMILES string of the molecule is CN=Cc1c(NC(=O)CC(C)c2ccccc2)sc2c1CCN(C(=O)Cn1ccnc1)C2. The molecule has 0 fully saturated rings. The summed E-state index contributed by atoms with van der Waals surface area (Å²) in [4.78, 5) is 36.7. The Morgan fingerprint density at radius 2 is 2.12 bits per heavy atom. The lowest BCUT2D eigenvalue weighted by Gasteiger charge is -2.27. The monoisotopic (exact) mass is 449 g/mol. The molecule has 0 saturated carbocycles. The van der Waals surface area contributed by atoms with Gasteiger partial charge in [-0.05, 0) is 23.5 Å². The molecular formula is C24H27N5O2S. The number of carbonyl (C=O) groups is 2. The van der Waals surface area contributed by atoms with Crippen LogP contribution in [0.15, 0.2) is 54.0 Å². The first-order chi connectivity index (χ1) is 15.5. The minimum absolute atomic E-state index is 0.0151. The molecule has 4 rings (SSSR count). The Hall–Kier alpha value is -3.26. The topological polar surface area (TPSA) is 79.6 Å². The molecule has 2 amide bonds. The maximum Gasteiger partial charge on any atom is 0.242 e. The van der Waals surface area contributed by atoms with E-state index >= 15 is 0 Å². The molecule has 0 aliphatic carbocycles. The van der Waals surface area contributed by atoms with Crippen LogP contribution in [0, 0.1) is 0 Å². The number of imidazole rings is 1. The van der Waals surface area contributed by atoms with E-state index in [-0.39, 0.29) is 24.3 Å². The number of amides is 2. The van der Waals surface area contributed by atoms with Gasteiger partial charge < -0.3 is 14.8 Å². The van der Waals surface area contributed by atoms with Gasteiger partial charge in [-0.25, -0.2) is 4.98 Å². The molecule has 0 bridgehead atoms. The van der Waals surface area contributed by atoms with Crippen molar-refractivity contribution < 1.29 is 9.59 Å². The van der Waals surface area contributed by atoms with Gasteiger partial charge in [0.05, 0.1) is 12.9 Å². The van der Waals surface area contributed by atoms with E-state index in [1.807, 2.05) is 41.4 Å². The van der Waals surface area contributed by atoms with E-state index in [0.717, 1.165) is 27.4 Å². The first-order valence-electron chi connectivity index (χ1n) is 10.7. The maximum atomic E-state index is 12.8. The Kier molecular flexibility index (Phi) is 6.80. The standard InChI is InChI=1S/C24H27N5O2S/c1-17(18-6-4-3-5-7-18)12-22(30)27-24-20(13-25-2)19-8-10-29(14-21(19)32-24)23(31)15-28-11-9-26-16-28/h3-7,9,11,13,16-17H,8,10,12,14-15H2,1-2H3,(H,27,30). The second kappa shape index (κ2) is 9.91. The third-order valence-electron chi connectivity index (χ3n) is 5.70. The molecule has 1 aromatic carbocycles. The summed E-state index contributed by atoms with van der Waals surface area (Å²) in [5.74, 6) is 0.180. The summed E-state index contributed by atoms with van der Waals surface area (Å²) >= 11 is 1.55. The fraction of sp³-hybridized carbons (Fsp3) is 0.333. The van der Waals surface area contributed by atoms with Gasteiger partial charge in [0.15, 0.2) is 0 Å². The quantitative estimate of drug-likeness (QED) is 0.559. The van der Waals surface area contributed by atoms with Gasteiger partial charge in [0.25, 0.3) is 0 Å². The highest BCUT2D eigenvalue weighted by Gasteiger charge is 2.27. The summed E-state index contributed by atoms with van der Waals surface area (Å²) in [5, 5.41) is 3.92. The van der Waals surface area contributed by atoms with E-state index in [2.05, 4.69) is 22.2 Å². The predicted molar refractivity (Wildman–Crippen MR) is 127 cm³/mol. The van der Waals surface area contributed by atoms with Crippen molar-refractivity contribution >= 4 is 34.4 Å². The summed E-state index contributed by atoms with van der Waals surface area (Å²) < 4.78 is 1.78. The summed E-state index contributed by atoms with van der Waals surface area (Å²) in [5.41, 5.74) is 3.30. The number of thiophene rings is 1. The molecule has 166 valence electrons. The average Bonchev–Trinajstić information content (AvgIpc) is 3.42. The molecule has 2 aromatic heterocycles. The van der Waals surface area contributed by atoms with Crippen molar-refractivity contribution in [2.45, 2.75) is 38.8 Å². The number of hydrogen-bond donors (Lipinski definition) is 1. The van der Waals surface area contributed by atoms with Crippen molar-refractivity contribution in [2.75, 3.05) is 18.9 Å². The molecule has 0 spiro atoms. The zero-order valence-corrected chi connectivity index (χ0v) is 19.1. The van der Waals surface area contributed by atoms with Crippen LogP contribution in [0.5, 0.6) is 0 Å². The van der Waals surface area contributed by atoms with Crippen molar-refractivity contribution in [1.29, 1.82) is 0 Å². The smallest absolute Gasteiger partial charge is 0.242 e. The highest BCUT2D eigenvalue weighted by molar-refractivity contribution is 7.16. The Labute approximate surface area is 191 Å². The molecular weight excluding hydrogens is 422 g/mol. The number of nitrogens with zero attached hydrogens (tertiary/aromatic N) is 4. The summed E-state index contributed by atoms with van der Waals surface area (Å²) in [7, 11) is 1.73. The van der Waals surface area contributed by atoms with Gasteiger partial charge in [-0.15, -0.1) is 11.3 Å². The highest BCUT2D eigenvalue weighted by Crippen LogP contribution is 2.36. The second-order valence-electron chi connectivity index (χ2n) is 8.00. The number of benzene rings is 1. The maximum absolute atomic E-state index is 12.8. The van der Waals surface area contributed by atoms with Crippen molar-refractivity contribution in [2.24, 2.45) is 4.99 Å². The Morgan fingerprint density at radius 3 is 2.84 bits per heavy atom. The third kappa shape index (κ3) is 4.96. The lowest BCUT2D eigenvalue weighted by Crippen LogP contribution is -2.37. The largest absolute Gasteiger partial charge is 0.336 e. The number of rotatable bonds is 7. The number of nitrogens with one attached hydrogen (secondary N) is 1. The number of carbonyl (C=O) groups excluding carboxylic acids is 2. The Bertz CT molecular complexity index is 1110. The van der Waals surface area contributed by atoms with Crippen LogP contribution in [-0.4, -0.2) is 46.1 Å². The molecule has 1 aliphatic rings. The van der Waals surface area contributed by atoms with E-state index in [1.54, 1.807) is 41.7 Å². The highest BCUT2D eigenvalue weighted by atomic mass is 32.1. The minimum atomic E-state index is -0.0151. The van der Waals surface area contributed by atoms with Crippen LogP contribution in [0.1, 0.15) is 40.8 Å². The van der Waals surface area contributed by atoms with Gasteiger partial charge in [-0.3, -0.25) is 14.6 Å². The summed E-state index contributed by atoms with van der Waals surface area (Å²) in [6.07, 6.45) is 8.08. The normalized spacial score (nSPS) is 14.4. The summed E-state index contributed by atoms with van der Waals surface area (Å²) in [6.45, 7) is 3.55. The van der Waals surface area contributed by atoms with Crippen LogP contribution in [0.25, 0.3) is 0 Å². The molecule has 1 N–H and O–H groups in total. The van der Waals surface area contributed by atoms with E-state index < -0.39 is 0 Å². The molecule has 0 saturated heterocycles. The van der Waals surface area contributed by atoms with Crippen molar-refractivity contribution in [3.05, 3.63) is 70.6 Å². The second-order valence-corrected chi connectivity index (χ2v) is 9.10. The predicted octanol–water partition coefficient (Wildman–Crippen LogP) is 3.71. The molecule has 8 heteroatoms. The van der Waals surface area contributed by atoms with Crippen LogP contribution in [0.4, 0.5) is 5.00 Å². The van der Waals surface area contributed by atoms with Gasteiger partial charge in [-0.1, -0.05) is 37.3 Å². The number of aliphatic imine (C=N–C) groups is 1. The van der Waals surface area contributed by atoms with E-state index in [4.69, 9.17) is 0 Å². The molecule has 1 atom stereocenters. The van der Waals surface area contributed by atoms with Crippen LogP contribution in [0.2, 0.25) is 0 Å². The van der Waals surface area contributed by atoms with Gasteiger partial charge in [-0.2, -0.15) is 0 Å². The molecule has 1 aliphatic heterocycles. The zero-order chi connectivity index (χ0) is 22.5. The van der Waals surface area contributed by atoms with Gasteiger partial charge in [0.1, 0.15) is 11.5 Å². The average molecular weight is 450 g/mol. The Balaban J connectivity index is 1.46. The number of aromatic nitrogens is 2. The first-order valence-corrected chi connectivity index (χ1v) is 11.5. The molecule has 7 nitrogen and oxygen atoms in total. The van der Waals surface area contributed by atoms with Crippen LogP contribution < -0.4 is 5.32 Å². The van der Waals surface area contributed by atoms with Crippen LogP contribution in [0.3, 0.4) is 0 Å². The molecule has 1 unspecified atom stereocenters. The lowest BCUT2D eigenvalue weighted by atomic mass is 9.97. The van der Waals surface area contributed by atoms with Gasteiger partial charge >= 0.3 is 0 Å². The van der Waals surface area contributed by atoms with Crippen LogP contribution in [-0.2, 0) is 29.1 Å². The first kappa shape index (κ1) is 22.0. The third-order valence-corrected chi connectivity index (χ3v) is 6.85. The van der Waals surface area contributed by atoms with Crippen molar-refractivity contribution in [1.82, 2.24) is 14.5 Å². The lowest BCUT2D eigenvalue weighted by molar-refractivity contribution is -0.132. The molecule has 32 heavy (non-hydrogen) atoms. The van der Waals surface area contributed by atoms with Crippen molar-refractivity contribution in [3.8, 4) is 0 Å². The van der Waals surface area contributed by atoms with E-state index in [0.29, 0.717) is 19.5 Å². The number of hydrogen-bond acceptors (Lipinski definition) is 5. The fourth-order valence-corrected chi connectivity index (χ4v) is 5.24. The fourth-order valence-electron chi connectivity index (χ4n) is 3.99. The zero-order valence-electron chi connectivity index (χ0n) is 18.3. The number of fused-ring (bicyclic) bond motifs is 1. The van der Waals surface area contributed by atoms with Gasteiger partial charge in [0, 0.05) is 49.1 Å². The van der Waals surface area contributed by atoms with Crippen LogP contribution >= 0.6 is 11.3 Å². The molecule has 3 heterocycles. The van der Waals surface area contributed by atoms with Gasteiger partial charge in [0.2, 0.25) is 11.8 Å². The molecule has 3 aromatic rings. The minimum Gasteiger partial charge on any atom is -0.336 e. The van der Waals surface area contributed by atoms with E-state index in [9.17, 15) is 9.59 Å². The van der Waals surface area contributed by atoms with E-state index in [1.165, 1.54) is 5.56 Å². The summed E-state index contributed by atoms with van der Waals surface area (Å²) in [6, 6.07) is 10.1.